The summed E-state index contributed by atoms with van der Waals surface area (Å²) in [6, 6.07) is 5.69. The largest absolute Gasteiger partial charge is 0.348 e. The van der Waals surface area contributed by atoms with Crippen molar-refractivity contribution in [1.29, 1.82) is 0 Å². The highest BCUT2D eigenvalue weighted by molar-refractivity contribution is 5.95. The van der Waals surface area contributed by atoms with E-state index in [4.69, 9.17) is 5.73 Å². The van der Waals surface area contributed by atoms with Gasteiger partial charge in [-0.05, 0) is 24.8 Å². The first-order chi connectivity index (χ1) is 9.61. The van der Waals surface area contributed by atoms with E-state index >= 15 is 0 Å². The maximum Gasteiger partial charge on any atom is 0.270 e. The zero-order chi connectivity index (χ0) is 14.5. The summed E-state index contributed by atoms with van der Waals surface area (Å²) >= 11 is 0. The summed E-state index contributed by atoms with van der Waals surface area (Å²) < 4.78 is 0. The second kappa shape index (κ2) is 6.47. The van der Waals surface area contributed by atoms with E-state index in [1.165, 1.54) is 31.0 Å². The molecule has 0 aromatic heterocycles. The van der Waals surface area contributed by atoms with Crippen molar-refractivity contribution in [1.82, 2.24) is 5.32 Å². The van der Waals surface area contributed by atoms with Crippen LogP contribution in [0.15, 0.2) is 24.3 Å². The molecule has 0 radical (unpaired) electrons. The molecule has 1 aromatic rings. The summed E-state index contributed by atoms with van der Waals surface area (Å²) in [6.45, 7) is 0.394. The van der Waals surface area contributed by atoms with Crippen molar-refractivity contribution in [2.24, 2.45) is 11.7 Å². The van der Waals surface area contributed by atoms with Crippen LogP contribution >= 0.6 is 0 Å². The number of nitrogens with two attached hydrogens (primary N) is 1. The first-order valence-corrected chi connectivity index (χ1v) is 6.87. The fraction of sp³-hybridized carbons (Fsp3) is 0.500. The molecule has 20 heavy (non-hydrogen) atoms. The van der Waals surface area contributed by atoms with Crippen molar-refractivity contribution in [3.05, 3.63) is 39.9 Å². The second-order valence-corrected chi connectivity index (χ2v) is 5.17. The number of nitrogens with one attached hydrogen (secondary N) is 1. The summed E-state index contributed by atoms with van der Waals surface area (Å²) in [4.78, 5) is 22.4. The fourth-order valence-corrected chi connectivity index (χ4v) is 2.74. The molecule has 0 spiro atoms. The van der Waals surface area contributed by atoms with E-state index in [-0.39, 0.29) is 17.6 Å². The predicted molar refractivity (Wildman–Crippen MR) is 75.4 cm³/mol. The number of nitro groups is 1. The monoisotopic (exact) mass is 277 g/mol. The predicted octanol–water partition coefficient (Wildman–Crippen LogP) is 1.84. The molecule has 1 aromatic carbocycles. The zero-order valence-corrected chi connectivity index (χ0v) is 11.2. The number of hydrogen-bond donors (Lipinski definition) is 2. The number of amides is 1. The highest BCUT2D eigenvalue weighted by Gasteiger charge is 2.25. The Morgan fingerprint density at radius 1 is 1.45 bits per heavy atom. The molecule has 0 heterocycles. The zero-order valence-electron chi connectivity index (χ0n) is 11.2. The number of nitro benzene ring substituents is 1. The third-order valence-corrected chi connectivity index (χ3v) is 3.86. The van der Waals surface area contributed by atoms with Gasteiger partial charge >= 0.3 is 0 Å². The molecule has 1 fully saturated rings. The Kier molecular flexibility index (Phi) is 4.68. The highest BCUT2D eigenvalue weighted by Crippen LogP contribution is 2.27. The van der Waals surface area contributed by atoms with Crippen molar-refractivity contribution in [3.8, 4) is 0 Å². The number of carbonyl (C=O) groups is 1. The van der Waals surface area contributed by atoms with Crippen LogP contribution in [0.1, 0.15) is 36.0 Å². The van der Waals surface area contributed by atoms with Gasteiger partial charge in [0.15, 0.2) is 0 Å². The van der Waals surface area contributed by atoms with Crippen LogP contribution in [0.5, 0.6) is 0 Å². The van der Waals surface area contributed by atoms with E-state index in [1.807, 2.05) is 0 Å². The van der Waals surface area contributed by atoms with Crippen molar-refractivity contribution in [2.45, 2.75) is 31.7 Å². The van der Waals surface area contributed by atoms with Gasteiger partial charge < -0.3 is 11.1 Å². The molecule has 1 aliphatic rings. The first kappa shape index (κ1) is 14.5. The average molecular weight is 277 g/mol. The van der Waals surface area contributed by atoms with Crippen LogP contribution in [0.4, 0.5) is 5.69 Å². The lowest BCUT2D eigenvalue weighted by Crippen LogP contribution is -2.44. The van der Waals surface area contributed by atoms with Gasteiger partial charge in [0.05, 0.1) is 4.92 Å². The molecule has 6 nitrogen and oxygen atoms in total. The van der Waals surface area contributed by atoms with E-state index in [0.29, 0.717) is 18.0 Å². The van der Waals surface area contributed by atoms with Crippen LogP contribution in [0.25, 0.3) is 0 Å². The lowest BCUT2D eigenvalue weighted by atomic mass is 9.98. The maximum atomic E-state index is 12.2. The van der Waals surface area contributed by atoms with Gasteiger partial charge in [0.25, 0.3) is 11.6 Å². The summed E-state index contributed by atoms with van der Waals surface area (Å²) in [5.41, 5.74) is 5.95. The SMILES string of the molecule is NCC(NC(=O)c1cccc([N+](=O)[O-])c1)C1CCCC1. The van der Waals surface area contributed by atoms with Gasteiger partial charge in [-0.1, -0.05) is 18.9 Å². The smallest absolute Gasteiger partial charge is 0.270 e. The molecule has 1 saturated carbocycles. The Bertz CT molecular complexity index is 498. The van der Waals surface area contributed by atoms with E-state index < -0.39 is 4.92 Å². The molecule has 6 heteroatoms. The van der Waals surface area contributed by atoms with Crippen molar-refractivity contribution < 1.29 is 9.72 Å². The van der Waals surface area contributed by atoms with Gasteiger partial charge in [-0.25, -0.2) is 0 Å². The number of rotatable bonds is 5. The minimum Gasteiger partial charge on any atom is -0.348 e. The molecular formula is C14H19N3O3. The molecule has 0 aliphatic heterocycles. The average Bonchev–Trinajstić information content (AvgIpc) is 2.98. The Balaban J connectivity index is 2.06. The normalized spacial score (nSPS) is 16.9. The van der Waals surface area contributed by atoms with Gasteiger partial charge in [-0.3, -0.25) is 14.9 Å². The summed E-state index contributed by atoms with van der Waals surface area (Å²) in [5.74, 6) is 0.124. The summed E-state index contributed by atoms with van der Waals surface area (Å²) in [7, 11) is 0. The van der Waals surface area contributed by atoms with Gasteiger partial charge in [-0.15, -0.1) is 0 Å². The quantitative estimate of drug-likeness (QED) is 0.633. The molecular weight excluding hydrogens is 258 g/mol. The van der Waals surface area contributed by atoms with Crippen LogP contribution in [0.2, 0.25) is 0 Å². The molecule has 0 bridgehead atoms. The fourth-order valence-electron chi connectivity index (χ4n) is 2.74. The number of nitrogens with zero attached hydrogens (tertiary/aromatic N) is 1. The maximum absolute atomic E-state index is 12.2. The van der Waals surface area contributed by atoms with E-state index in [9.17, 15) is 14.9 Å². The molecule has 1 atom stereocenters. The second-order valence-electron chi connectivity index (χ2n) is 5.17. The Morgan fingerprint density at radius 3 is 2.75 bits per heavy atom. The van der Waals surface area contributed by atoms with Crippen LogP contribution in [-0.4, -0.2) is 23.4 Å². The summed E-state index contributed by atoms with van der Waals surface area (Å²) in [5, 5.41) is 13.6. The minimum absolute atomic E-state index is 0.0516. The van der Waals surface area contributed by atoms with E-state index in [2.05, 4.69) is 5.32 Å². The van der Waals surface area contributed by atoms with Gasteiger partial charge in [0.1, 0.15) is 0 Å². The van der Waals surface area contributed by atoms with Gasteiger partial charge in [-0.2, -0.15) is 0 Å². The topological polar surface area (TPSA) is 98.3 Å². The molecule has 2 rings (SSSR count). The van der Waals surface area contributed by atoms with Gasteiger partial charge in [0, 0.05) is 30.3 Å². The Morgan fingerprint density at radius 2 is 2.15 bits per heavy atom. The molecule has 1 amide bonds. The minimum atomic E-state index is -0.506. The number of carbonyl (C=O) groups excluding carboxylic acids is 1. The lowest BCUT2D eigenvalue weighted by molar-refractivity contribution is -0.384. The van der Waals surface area contributed by atoms with E-state index in [1.54, 1.807) is 6.07 Å². The number of benzene rings is 1. The van der Waals surface area contributed by atoms with Crippen LogP contribution in [0, 0.1) is 16.0 Å². The lowest BCUT2D eigenvalue weighted by Gasteiger charge is -2.23. The van der Waals surface area contributed by atoms with Crippen molar-refractivity contribution in [3.63, 3.8) is 0 Å². The molecule has 1 aliphatic carbocycles. The third kappa shape index (κ3) is 3.33. The number of non-ortho nitro benzene ring substituents is 1. The van der Waals surface area contributed by atoms with Crippen molar-refractivity contribution >= 4 is 11.6 Å². The van der Waals surface area contributed by atoms with Crippen LogP contribution < -0.4 is 11.1 Å². The highest BCUT2D eigenvalue weighted by atomic mass is 16.6. The Labute approximate surface area is 117 Å². The van der Waals surface area contributed by atoms with Crippen molar-refractivity contribution in [2.75, 3.05) is 6.54 Å². The molecule has 1 unspecified atom stereocenters. The first-order valence-electron chi connectivity index (χ1n) is 6.87. The number of hydrogen-bond acceptors (Lipinski definition) is 4. The standard InChI is InChI=1S/C14H19N3O3/c15-9-13(10-4-1-2-5-10)16-14(18)11-6-3-7-12(8-11)17(19)20/h3,6-8,10,13H,1-2,4-5,9,15H2,(H,16,18). The third-order valence-electron chi connectivity index (χ3n) is 3.86. The van der Waals surface area contributed by atoms with Crippen LogP contribution in [0.3, 0.4) is 0 Å². The Hall–Kier alpha value is -1.95. The molecule has 108 valence electrons. The van der Waals surface area contributed by atoms with Gasteiger partial charge in [0.2, 0.25) is 0 Å². The van der Waals surface area contributed by atoms with E-state index in [0.717, 1.165) is 12.8 Å². The molecule has 3 N–H and O–H groups in total. The molecule has 0 saturated heterocycles. The van der Waals surface area contributed by atoms with Crippen LogP contribution in [-0.2, 0) is 0 Å². The summed E-state index contributed by atoms with van der Waals surface area (Å²) in [6.07, 6.45) is 4.51.